The van der Waals surface area contributed by atoms with Crippen LogP contribution in [-0.4, -0.2) is 31.5 Å². The van der Waals surface area contributed by atoms with Crippen LogP contribution in [0.3, 0.4) is 0 Å². The van der Waals surface area contributed by atoms with Crippen LogP contribution in [-0.2, 0) is 9.84 Å². The lowest BCUT2D eigenvalue weighted by molar-refractivity contribution is 0.590. The fourth-order valence-corrected chi connectivity index (χ4v) is 5.22. The Labute approximate surface area is 177 Å². The molecule has 2 aromatic carbocycles. The third-order valence-corrected chi connectivity index (χ3v) is 7.39. The van der Waals surface area contributed by atoms with E-state index in [-0.39, 0.29) is 10.6 Å². The van der Waals surface area contributed by atoms with Gasteiger partial charge in [-0.3, -0.25) is 0 Å². The smallest absolute Gasteiger partial charge is 0.200 e. The van der Waals surface area contributed by atoms with E-state index in [1.54, 1.807) is 30.3 Å². The van der Waals surface area contributed by atoms with Crippen molar-refractivity contribution in [2.24, 2.45) is 0 Å². The molecule has 1 aromatic heterocycles. The van der Waals surface area contributed by atoms with Gasteiger partial charge in [-0.25, -0.2) is 18.4 Å². The van der Waals surface area contributed by atoms with Crippen molar-refractivity contribution < 1.29 is 8.42 Å². The molecule has 1 aliphatic rings. The Morgan fingerprint density at radius 3 is 2.13 bits per heavy atom. The molecule has 4 rings (SSSR count). The van der Waals surface area contributed by atoms with Gasteiger partial charge in [0.1, 0.15) is 5.69 Å². The predicted octanol–water partition coefficient (Wildman–Crippen LogP) is 4.36. The summed E-state index contributed by atoms with van der Waals surface area (Å²) in [6.07, 6.45) is 4.29. The molecule has 2 heterocycles. The first-order chi connectivity index (χ1) is 14.5. The van der Waals surface area contributed by atoms with E-state index in [0.29, 0.717) is 16.9 Å². The molecule has 30 heavy (non-hydrogen) atoms. The highest BCUT2D eigenvalue weighted by atomic mass is 32.2. The molecular formula is C23H24N4O2S. The average Bonchev–Trinajstić information content (AvgIpc) is 3.03. The second-order valence-corrected chi connectivity index (χ2v) is 9.72. The molecule has 0 amide bonds. The number of aryl methyl sites for hydroxylation is 1. The number of nitriles is 1. The maximum atomic E-state index is 13.4. The van der Waals surface area contributed by atoms with Crippen molar-refractivity contribution >= 4 is 26.7 Å². The van der Waals surface area contributed by atoms with Gasteiger partial charge in [-0.15, -0.1) is 0 Å². The van der Waals surface area contributed by atoms with E-state index in [9.17, 15) is 13.7 Å². The van der Waals surface area contributed by atoms with Crippen LogP contribution in [0.15, 0.2) is 53.4 Å². The Hall–Kier alpha value is -2.98. The average molecular weight is 421 g/mol. The van der Waals surface area contributed by atoms with Crippen molar-refractivity contribution in [1.82, 2.24) is 9.97 Å². The van der Waals surface area contributed by atoms with Gasteiger partial charge in [0.25, 0.3) is 0 Å². The number of sulfone groups is 1. The number of nitrogens with zero attached hydrogens (tertiary/aromatic N) is 4. The van der Waals surface area contributed by atoms with Crippen molar-refractivity contribution in [3.05, 3.63) is 59.8 Å². The molecule has 1 fully saturated rings. The molecule has 1 saturated heterocycles. The van der Waals surface area contributed by atoms with Crippen LogP contribution in [0.2, 0.25) is 0 Å². The van der Waals surface area contributed by atoms with Gasteiger partial charge in [-0.2, -0.15) is 5.26 Å². The predicted molar refractivity (Wildman–Crippen MR) is 117 cm³/mol. The molecule has 6 nitrogen and oxygen atoms in total. The summed E-state index contributed by atoms with van der Waals surface area (Å²) in [7, 11) is -3.95. The van der Waals surface area contributed by atoms with E-state index < -0.39 is 15.1 Å². The molecule has 0 saturated carbocycles. The van der Waals surface area contributed by atoms with Gasteiger partial charge < -0.3 is 4.90 Å². The third-order valence-electron chi connectivity index (χ3n) is 5.51. The lowest BCUT2D eigenvalue weighted by Crippen LogP contribution is -2.28. The summed E-state index contributed by atoms with van der Waals surface area (Å²) in [4.78, 5) is 11.6. The van der Waals surface area contributed by atoms with Crippen molar-refractivity contribution in [2.45, 2.75) is 42.8 Å². The summed E-state index contributed by atoms with van der Waals surface area (Å²) in [5, 5.41) is 8.55. The van der Waals surface area contributed by atoms with Gasteiger partial charge in [0.15, 0.2) is 11.1 Å². The normalized spacial score (nSPS) is 16.1. The number of hydrogen-bond acceptors (Lipinski definition) is 6. The minimum Gasteiger partial charge on any atom is -0.355 e. The highest BCUT2D eigenvalue weighted by molar-refractivity contribution is 7.92. The summed E-state index contributed by atoms with van der Waals surface area (Å²) in [5.74, 6) is 0.512. The Balaban J connectivity index is 1.89. The topological polar surface area (TPSA) is 86.9 Å². The van der Waals surface area contributed by atoms with Crippen LogP contribution in [0.5, 0.6) is 0 Å². The first-order valence-electron chi connectivity index (χ1n) is 10.2. The van der Waals surface area contributed by atoms with Gasteiger partial charge in [-0.05, 0) is 44.0 Å². The molecule has 154 valence electrons. The number of benzene rings is 2. The summed E-state index contributed by atoms with van der Waals surface area (Å²) in [5.41, 5.74) is 2.47. The van der Waals surface area contributed by atoms with E-state index in [1.807, 2.05) is 31.2 Å². The Morgan fingerprint density at radius 1 is 0.933 bits per heavy atom. The molecule has 1 aliphatic heterocycles. The number of aromatic nitrogens is 2. The molecule has 3 aromatic rings. The summed E-state index contributed by atoms with van der Waals surface area (Å²) in [6.45, 7) is 3.45. The quantitative estimate of drug-likeness (QED) is 0.623. The highest BCUT2D eigenvalue weighted by Crippen LogP contribution is 2.34. The van der Waals surface area contributed by atoms with Crippen molar-refractivity contribution in [1.29, 1.82) is 5.26 Å². The highest BCUT2D eigenvalue weighted by Gasteiger charge is 2.35. The largest absolute Gasteiger partial charge is 0.355 e. The molecule has 0 spiro atoms. The maximum Gasteiger partial charge on any atom is 0.200 e. The number of fused-ring (bicyclic) bond motifs is 1. The van der Waals surface area contributed by atoms with Gasteiger partial charge in [0.05, 0.1) is 22.0 Å². The van der Waals surface area contributed by atoms with Crippen LogP contribution < -0.4 is 4.90 Å². The Morgan fingerprint density at radius 2 is 1.53 bits per heavy atom. The molecular weight excluding hydrogens is 396 g/mol. The monoisotopic (exact) mass is 420 g/mol. The molecule has 0 radical (unpaired) electrons. The lowest BCUT2D eigenvalue weighted by Gasteiger charge is -2.25. The van der Waals surface area contributed by atoms with Gasteiger partial charge >= 0.3 is 0 Å². The zero-order chi connectivity index (χ0) is 21.1. The molecule has 1 atom stereocenters. The van der Waals surface area contributed by atoms with E-state index in [1.165, 1.54) is 0 Å². The van der Waals surface area contributed by atoms with Crippen LogP contribution >= 0.6 is 0 Å². The second-order valence-electron chi connectivity index (χ2n) is 7.69. The Bertz CT molecular complexity index is 1190. The lowest BCUT2D eigenvalue weighted by atomic mass is 10.2. The molecule has 0 unspecified atom stereocenters. The van der Waals surface area contributed by atoms with Crippen LogP contribution in [0, 0.1) is 18.3 Å². The van der Waals surface area contributed by atoms with E-state index in [4.69, 9.17) is 4.98 Å². The number of hydrogen-bond donors (Lipinski definition) is 0. The van der Waals surface area contributed by atoms with E-state index in [0.717, 1.165) is 44.3 Å². The van der Waals surface area contributed by atoms with E-state index >= 15 is 0 Å². The summed E-state index contributed by atoms with van der Waals surface area (Å²) >= 11 is 0. The molecule has 0 aliphatic carbocycles. The van der Waals surface area contributed by atoms with Crippen molar-refractivity contribution in [3.63, 3.8) is 0 Å². The second kappa shape index (κ2) is 8.41. The molecule has 0 bridgehead atoms. The maximum absolute atomic E-state index is 13.4. The van der Waals surface area contributed by atoms with Gasteiger partial charge in [-0.1, -0.05) is 42.7 Å². The minimum atomic E-state index is -3.95. The number of para-hydroxylation sites is 2. The first kappa shape index (κ1) is 20.3. The van der Waals surface area contributed by atoms with Crippen molar-refractivity contribution in [2.75, 3.05) is 18.0 Å². The van der Waals surface area contributed by atoms with Crippen LogP contribution in [0.25, 0.3) is 11.0 Å². The third kappa shape index (κ3) is 3.88. The molecule has 0 N–H and O–H groups in total. The fourth-order valence-electron chi connectivity index (χ4n) is 3.84. The minimum absolute atomic E-state index is 0.122. The fraction of sp³-hybridized carbons (Fsp3) is 0.348. The summed E-state index contributed by atoms with van der Waals surface area (Å²) < 4.78 is 26.8. The zero-order valence-corrected chi connectivity index (χ0v) is 17.8. The van der Waals surface area contributed by atoms with Crippen LogP contribution in [0.1, 0.15) is 42.2 Å². The number of anilines is 1. The van der Waals surface area contributed by atoms with E-state index in [2.05, 4.69) is 9.88 Å². The zero-order valence-electron chi connectivity index (χ0n) is 17.0. The first-order valence-corrected chi connectivity index (χ1v) is 11.8. The van der Waals surface area contributed by atoms with Crippen molar-refractivity contribution in [3.8, 4) is 6.07 Å². The standard InChI is InChI=1S/C23H24N4O2S/c1-17-10-12-18(13-11-17)30(28,29)21(16-24)22-23(27-14-6-2-3-7-15-27)26-20-9-5-4-8-19(20)25-22/h4-5,8-13,21H,2-3,6-7,14-15H2,1H3/t21-/m0/s1. The molecule has 7 heteroatoms. The van der Waals surface area contributed by atoms with Crippen LogP contribution in [0.4, 0.5) is 5.82 Å². The Kier molecular flexibility index (Phi) is 5.69. The SMILES string of the molecule is Cc1ccc(S(=O)(=O)[C@@H](C#N)c2nc3ccccc3nc2N2CCCCCC2)cc1. The van der Waals surface area contributed by atoms with Gasteiger partial charge in [0, 0.05) is 13.1 Å². The van der Waals surface area contributed by atoms with Gasteiger partial charge in [0.2, 0.25) is 9.84 Å². The number of rotatable bonds is 4. The summed E-state index contributed by atoms with van der Waals surface area (Å²) in [6, 6.07) is 16.0.